The predicted octanol–water partition coefficient (Wildman–Crippen LogP) is 2.59. The summed E-state index contributed by atoms with van der Waals surface area (Å²) >= 11 is 0. The maximum atomic E-state index is 8.93. The summed E-state index contributed by atoms with van der Waals surface area (Å²) in [4.78, 5) is 6.41. The average molecular weight is 284 g/mol. The van der Waals surface area contributed by atoms with Crippen LogP contribution in [0.25, 0.3) is 0 Å². The molecule has 0 saturated heterocycles. The first-order chi connectivity index (χ1) is 10.1. The Balaban J connectivity index is 2.40. The largest absolute Gasteiger partial charge is 0.409 e. The summed E-state index contributed by atoms with van der Waals surface area (Å²) in [6.07, 6.45) is 1.64. The van der Waals surface area contributed by atoms with Gasteiger partial charge in [0.2, 0.25) is 0 Å². The highest BCUT2D eigenvalue weighted by Gasteiger charge is 2.17. The Morgan fingerprint density at radius 2 is 1.95 bits per heavy atom. The molecule has 0 saturated carbocycles. The van der Waals surface area contributed by atoms with Crippen LogP contribution in [0.2, 0.25) is 0 Å². The van der Waals surface area contributed by atoms with E-state index in [-0.39, 0.29) is 11.9 Å². The van der Waals surface area contributed by atoms with Gasteiger partial charge in [0.15, 0.2) is 5.84 Å². The lowest BCUT2D eigenvalue weighted by Gasteiger charge is -2.30. The Hall–Kier alpha value is -2.56. The summed E-state index contributed by atoms with van der Waals surface area (Å²) in [7, 11) is 0. The second-order valence-electron chi connectivity index (χ2n) is 5.06. The summed E-state index contributed by atoms with van der Waals surface area (Å²) in [6.45, 7) is 4.94. The highest BCUT2D eigenvalue weighted by Crippen LogP contribution is 2.23. The quantitative estimate of drug-likeness (QED) is 0.383. The van der Waals surface area contributed by atoms with Crippen LogP contribution in [0.4, 0.5) is 5.69 Å². The number of amidine groups is 1. The Kier molecular flexibility index (Phi) is 4.77. The summed E-state index contributed by atoms with van der Waals surface area (Å²) < 4.78 is 0. The zero-order valence-corrected chi connectivity index (χ0v) is 12.3. The number of nitrogens with two attached hydrogens (primary N) is 1. The molecule has 2 rings (SSSR count). The van der Waals surface area contributed by atoms with Crippen molar-refractivity contribution in [3.63, 3.8) is 0 Å². The van der Waals surface area contributed by atoms with Gasteiger partial charge in [-0.05, 0) is 31.5 Å². The van der Waals surface area contributed by atoms with Gasteiger partial charge < -0.3 is 15.8 Å². The molecule has 0 aliphatic carbocycles. The molecule has 1 aromatic carbocycles. The SMILES string of the molecule is CC(C)N(Cc1ccccc1)c1cccnc1/C(N)=N/O. The third kappa shape index (κ3) is 3.51. The van der Waals surface area contributed by atoms with E-state index in [1.54, 1.807) is 6.20 Å². The van der Waals surface area contributed by atoms with Crippen molar-refractivity contribution in [2.24, 2.45) is 10.9 Å². The van der Waals surface area contributed by atoms with E-state index in [1.807, 2.05) is 30.3 Å². The van der Waals surface area contributed by atoms with Crippen LogP contribution in [-0.2, 0) is 6.54 Å². The van der Waals surface area contributed by atoms with E-state index >= 15 is 0 Å². The van der Waals surface area contributed by atoms with E-state index in [2.05, 4.69) is 41.0 Å². The third-order valence-electron chi connectivity index (χ3n) is 3.27. The number of nitrogens with zero attached hydrogens (tertiary/aromatic N) is 3. The molecule has 1 aromatic heterocycles. The zero-order chi connectivity index (χ0) is 15.2. The molecule has 0 amide bonds. The number of aromatic nitrogens is 1. The number of hydrogen-bond donors (Lipinski definition) is 2. The fourth-order valence-corrected chi connectivity index (χ4v) is 2.20. The van der Waals surface area contributed by atoms with Crippen molar-refractivity contribution >= 4 is 11.5 Å². The molecule has 110 valence electrons. The van der Waals surface area contributed by atoms with E-state index in [1.165, 1.54) is 5.56 Å². The lowest BCUT2D eigenvalue weighted by Crippen LogP contribution is -2.32. The standard InChI is InChI=1S/C16H20N4O/c1-12(2)20(11-13-7-4-3-5-8-13)14-9-6-10-18-15(14)16(17)19-21/h3-10,12,21H,11H2,1-2H3,(H2,17,19). The topological polar surface area (TPSA) is 74.7 Å². The Labute approximate surface area is 124 Å². The average Bonchev–Trinajstić information content (AvgIpc) is 2.52. The highest BCUT2D eigenvalue weighted by atomic mass is 16.4. The van der Waals surface area contributed by atoms with Gasteiger partial charge in [0, 0.05) is 18.8 Å². The molecule has 1 heterocycles. The van der Waals surface area contributed by atoms with Crippen LogP contribution in [-0.4, -0.2) is 22.1 Å². The van der Waals surface area contributed by atoms with Crippen molar-refractivity contribution in [2.75, 3.05) is 4.90 Å². The molecule has 0 atom stereocenters. The molecular weight excluding hydrogens is 264 g/mol. The van der Waals surface area contributed by atoms with Gasteiger partial charge in [-0.1, -0.05) is 35.5 Å². The van der Waals surface area contributed by atoms with E-state index in [9.17, 15) is 0 Å². The van der Waals surface area contributed by atoms with Crippen LogP contribution < -0.4 is 10.6 Å². The van der Waals surface area contributed by atoms with Gasteiger partial charge in [-0.25, -0.2) is 0 Å². The molecule has 0 spiro atoms. The maximum Gasteiger partial charge on any atom is 0.190 e. The van der Waals surface area contributed by atoms with Crippen LogP contribution in [0.3, 0.4) is 0 Å². The predicted molar refractivity (Wildman–Crippen MR) is 84.5 cm³/mol. The molecule has 5 nitrogen and oxygen atoms in total. The molecule has 2 aromatic rings. The van der Waals surface area contributed by atoms with Gasteiger partial charge >= 0.3 is 0 Å². The minimum absolute atomic E-state index is 0.0179. The first-order valence-electron chi connectivity index (χ1n) is 6.87. The molecule has 21 heavy (non-hydrogen) atoms. The molecule has 0 aliphatic rings. The van der Waals surface area contributed by atoms with Crippen molar-refractivity contribution < 1.29 is 5.21 Å². The van der Waals surface area contributed by atoms with Crippen molar-refractivity contribution in [3.8, 4) is 0 Å². The molecular formula is C16H20N4O. The second kappa shape index (κ2) is 6.74. The Morgan fingerprint density at radius 1 is 1.24 bits per heavy atom. The molecule has 0 fully saturated rings. The number of rotatable bonds is 5. The summed E-state index contributed by atoms with van der Waals surface area (Å²) in [5.74, 6) is 0.0179. The number of benzene rings is 1. The van der Waals surface area contributed by atoms with Gasteiger partial charge in [-0.2, -0.15) is 0 Å². The van der Waals surface area contributed by atoms with Crippen molar-refractivity contribution in [1.82, 2.24) is 4.98 Å². The minimum atomic E-state index is 0.0179. The highest BCUT2D eigenvalue weighted by molar-refractivity contribution is 6.00. The molecule has 0 unspecified atom stereocenters. The first-order valence-corrected chi connectivity index (χ1v) is 6.87. The molecule has 0 aliphatic heterocycles. The smallest absolute Gasteiger partial charge is 0.190 e. The van der Waals surface area contributed by atoms with Crippen molar-refractivity contribution in [3.05, 3.63) is 59.9 Å². The molecule has 0 radical (unpaired) electrons. The van der Waals surface area contributed by atoms with E-state index in [4.69, 9.17) is 10.9 Å². The third-order valence-corrected chi connectivity index (χ3v) is 3.27. The first kappa shape index (κ1) is 14.8. The summed E-state index contributed by atoms with van der Waals surface area (Å²) in [5.41, 5.74) is 8.28. The van der Waals surface area contributed by atoms with Crippen LogP contribution in [0.1, 0.15) is 25.1 Å². The monoisotopic (exact) mass is 284 g/mol. The van der Waals surface area contributed by atoms with Crippen molar-refractivity contribution in [2.45, 2.75) is 26.4 Å². The molecule has 5 heteroatoms. The van der Waals surface area contributed by atoms with Crippen LogP contribution in [0.15, 0.2) is 53.8 Å². The van der Waals surface area contributed by atoms with Crippen LogP contribution in [0, 0.1) is 0 Å². The lowest BCUT2D eigenvalue weighted by molar-refractivity contribution is 0.318. The van der Waals surface area contributed by atoms with Gasteiger partial charge in [-0.3, -0.25) is 4.98 Å². The summed E-state index contributed by atoms with van der Waals surface area (Å²) in [5, 5.41) is 12.0. The fraction of sp³-hybridized carbons (Fsp3) is 0.250. The van der Waals surface area contributed by atoms with E-state index < -0.39 is 0 Å². The normalized spacial score (nSPS) is 11.7. The van der Waals surface area contributed by atoms with Gasteiger partial charge in [-0.15, -0.1) is 0 Å². The number of hydrogen-bond acceptors (Lipinski definition) is 4. The van der Waals surface area contributed by atoms with E-state index in [0.717, 1.165) is 12.2 Å². The maximum absolute atomic E-state index is 8.93. The molecule has 0 bridgehead atoms. The number of oxime groups is 1. The van der Waals surface area contributed by atoms with Crippen LogP contribution >= 0.6 is 0 Å². The Morgan fingerprint density at radius 3 is 2.57 bits per heavy atom. The lowest BCUT2D eigenvalue weighted by atomic mass is 10.1. The van der Waals surface area contributed by atoms with Crippen LogP contribution in [0.5, 0.6) is 0 Å². The van der Waals surface area contributed by atoms with Gasteiger partial charge in [0.1, 0.15) is 5.69 Å². The summed E-state index contributed by atoms with van der Waals surface area (Å²) in [6, 6.07) is 14.2. The van der Waals surface area contributed by atoms with E-state index in [0.29, 0.717) is 5.69 Å². The number of anilines is 1. The Bertz CT molecular complexity index is 611. The van der Waals surface area contributed by atoms with Crippen molar-refractivity contribution in [1.29, 1.82) is 0 Å². The fourth-order valence-electron chi connectivity index (χ4n) is 2.20. The minimum Gasteiger partial charge on any atom is -0.409 e. The zero-order valence-electron chi connectivity index (χ0n) is 12.3. The van der Waals surface area contributed by atoms with Gasteiger partial charge in [0.05, 0.1) is 5.69 Å². The number of pyridine rings is 1. The molecule has 3 N–H and O–H groups in total. The van der Waals surface area contributed by atoms with Gasteiger partial charge in [0.25, 0.3) is 0 Å². The second-order valence-corrected chi connectivity index (χ2v) is 5.06.